The lowest BCUT2D eigenvalue weighted by Gasteiger charge is -2.12. The molecule has 4 aromatic rings. The minimum absolute atomic E-state index is 0.0452. The fourth-order valence-electron chi connectivity index (χ4n) is 4.05. The van der Waals surface area contributed by atoms with E-state index in [-0.39, 0.29) is 12.3 Å². The monoisotopic (exact) mass is 473 g/mol. The summed E-state index contributed by atoms with van der Waals surface area (Å²) in [5, 5.41) is 3.02. The topological polar surface area (TPSA) is 74.6 Å². The predicted octanol–water partition coefficient (Wildman–Crippen LogP) is 4.42. The van der Waals surface area contributed by atoms with Crippen LogP contribution < -0.4 is 19.5 Å². The molecule has 0 fully saturated rings. The van der Waals surface area contributed by atoms with Crippen LogP contribution in [-0.4, -0.2) is 42.8 Å². The molecule has 4 rings (SSSR count). The van der Waals surface area contributed by atoms with Gasteiger partial charge >= 0.3 is 0 Å². The molecule has 3 aromatic carbocycles. The van der Waals surface area contributed by atoms with E-state index in [1.807, 2.05) is 66.7 Å². The number of carbonyl (C=O) groups is 1. The zero-order valence-corrected chi connectivity index (χ0v) is 20.2. The van der Waals surface area contributed by atoms with Gasteiger partial charge in [-0.05, 0) is 48.4 Å². The second-order valence-corrected chi connectivity index (χ2v) is 8.15. The number of hydrogen-bond donors (Lipinski definition) is 1. The number of amides is 1. The van der Waals surface area contributed by atoms with Gasteiger partial charge in [-0.1, -0.05) is 36.4 Å². The van der Waals surface area contributed by atoms with Crippen LogP contribution in [0.15, 0.2) is 72.8 Å². The predicted molar refractivity (Wildman–Crippen MR) is 136 cm³/mol. The maximum atomic E-state index is 12.5. The summed E-state index contributed by atoms with van der Waals surface area (Å²) in [6, 6.07) is 23.5. The Morgan fingerprint density at radius 1 is 0.943 bits per heavy atom. The smallest absolute Gasteiger partial charge is 0.224 e. The third-order valence-electron chi connectivity index (χ3n) is 5.76. The molecule has 182 valence electrons. The summed E-state index contributed by atoms with van der Waals surface area (Å²) in [6.07, 6.45) is 1.77. The normalized spacial score (nSPS) is 10.8. The van der Waals surface area contributed by atoms with Gasteiger partial charge in [0.15, 0.2) is 11.5 Å². The van der Waals surface area contributed by atoms with Crippen LogP contribution in [0.5, 0.6) is 17.2 Å². The Morgan fingerprint density at radius 2 is 1.71 bits per heavy atom. The number of nitrogens with zero attached hydrogens (tertiary/aromatic N) is 2. The maximum absolute atomic E-state index is 12.5. The lowest BCUT2D eigenvalue weighted by Crippen LogP contribution is -2.28. The standard InChI is InChI=1S/C28H31N3O4/c1-33-25-14-13-21(19-26(25)34-2)20-28(32)29-16-15-27-30-23-11-6-7-12-24(23)31(27)17-8-18-35-22-9-4-3-5-10-22/h3-7,9-14,19H,8,15-18,20H2,1-2H3,(H,29,32). The summed E-state index contributed by atoms with van der Waals surface area (Å²) >= 11 is 0. The van der Waals surface area contributed by atoms with Crippen LogP contribution in [0, 0.1) is 0 Å². The van der Waals surface area contributed by atoms with Crippen molar-refractivity contribution in [3.05, 3.63) is 84.2 Å². The minimum atomic E-state index is -0.0452. The molecule has 0 bridgehead atoms. The van der Waals surface area contributed by atoms with Crippen molar-refractivity contribution >= 4 is 16.9 Å². The van der Waals surface area contributed by atoms with Crippen molar-refractivity contribution in [2.75, 3.05) is 27.4 Å². The molecule has 0 radical (unpaired) electrons. The van der Waals surface area contributed by atoms with Crippen molar-refractivity contribution in [1.82, 2.24) is 14.9 Å². The number of imidazole rings is 1. The largest absolute Gasteiger partial charge is 0.494 e. The van der Waals surface area contributed by atoms with E-state index in [2.05, 4.69) is 16.0 Å². The van der Waals surface area contributed by atoms with Gasteiger partial charge in [-0.2, -0.15) is 0 Å². The highest BCUT2D eigenvalue weighted by molar-refractivity contribution is 5.79. The van der Waals surface area contributed by atoms with Gasteiger partial charge in [-0.25, -0.2) is 4.98 Å². The number of carbonyl (C=O) groups excluding carboxylic acids is 1. The van der Waals surface area contributed by atoms with E-state index in [9.17, 15) is 4.79 Å². The van der Waals surface area contributed by atoms with Crippen molar-refractivity contribution in [1.29, 1.82) is 0 Å². The number of benzene rings is 3. The summed E-state index contributed by atoms with van der Waals surface area (Å²) in [7, 11) is 3.18. The zero-order chi connectivity index (χ0) is 24.5. The molecule has 0 aliphatic rings. The SMILES string of the molecule is COc1ccc(CC(=O)NCCc2nc3ccccc3n2CCCOc2ccccc2)cc1OC. The van der Waals surface area contributed by atoms with Crippen LogP contribution in [0.1, 0.15) is 17.8 Å². The zero-order valence-electron chi connectivity index (χ0n) is 20.2. The number of fused-ring (bicyclic) bond motifs is 1. The molecule has 7 heteroatoms. The van der Waals surface area contributed by atoms with Crippen molar-refractivity contribution in [3.8, 4) is 17.2 Å². The van der Waals surface area contributed by atoms with Gasteiger partial charge in [0, 0.05) is 19.5 Å². The van der Waals surface area contributed by atoms with E-state index in [1.165, 1.54) is 0 Å². The van der Waals surface area contributed by atoms with Gasteiger partial charge in [0.05, 0.1) is 38.3 Å². The van der Waals surface area contributed by atoms with Gasteiger partial charge in [-0.3, -0.25) is 4.79 Å². The van der Waals surface area contributed by atoms with Crippen LogP contribution >= 0.6 is 0 Å². The van der Waals surface area contributed by atoms with E-state index >= 15 is 0 Å². The van der Waals surface area contributed by atoms with E-state index in [1.54, 1.807) is 14.2 Å². The van der Waals surface area contributed by atoms with Crippen LogP contribution in [0.25, 0.3) is 11.0 Å². The second-order valence-electron chi connectivity index (χ2n) is 8.15. The molecule has 0 aliphatic carbocycles. The first-order valence-electron chi connectivity index (χ1n) is 11.8. The van der Waals surface area contributed by atoms with Crippen molar-refractivity contribution in [2.45, 2.75) is 25.8 Å². The number of hydrogen-bond acceptors (Lipinski definition) is 5. The lowest BCUT2D eigenvalue weighted by molar-refractivity contribution is -0.120. The van der Waals surface area contributed by atoms with Gasteiger partial charge < -0.3 is 24.1 Å². The Bertz CT molecular complexity index is 1250. The molecule has 1 heterocycles. The Morgan fingerprint density at radius 3 is 2.51 bits per heavy atom. The molecule has 1 N–H and O–H groups in total. The van der Waals surface area contributed by atoms with Crippen LogP contribution in [0.2, 0.25) is 0 Å². The molecule has 7 nitrogen and oxygen atoms in total. The van der Waals surface area contributed by atoms with Gasteiger partial charge in [0.1, 0.15) is 11.6 Å². The first kappa shape index (κ1) is 24.1. The number of nitrogens with one attached hydrogen (secondary N) is 1. The molecule has 1 amide bonds. The fraction of sp³-hybridized carbons (Fsp3) is 0.286. The fourth-order valence-corrected chi connectivity index (χ4v) is 4.05. The van der Waals surface area contributed by atoms with Crippen molar-refractivity contribution in [2.24, 2.45) is 0 Å². The molecule has 0 unspecified atom stereocenters. The van der Waals surface area contributed by atoms with E-state index in [4.69, 9.17) is 19.2 Å². The number of ether oxygens (including phenoxy) is 3. The Labute approximate surface area is 205 Å². The van der Waals surface area contributed by atoms with Crippen LogP contribution in [0.4, 0.5) is 0 Å². The summed E-state index contributed by atoms with van der Waals surface area (Å²) in [6.45, 7) is 1.93. The quantitative estimate of drug-likeness (QED) is 0.308. The first-order valence-corrected chi connectivity index (χ1v) is 11.8. The maximum Gasteiger partial charge on any atom is 0.224 e. The molecular weight excluding hydrogens is 442 g/mol. The second kappa shape index (κ2) is 11.9. The average Bonchev–Trinajstić information content (AvgIpc) is 3.24. The van der Waals surface area contributed by atoms with Crippen molar-refractivity contribution in [3.63, 3.8) is 0 Å². The molecule has 0 saturated carbocycles. The summed E-state index contributed by atoms with van der Waals surface area (Å²) < 4.78 is 18.7. The third kappa shape index (κ3) is 6.32. The first-order chi connectivity index (χ1) is 17.2. The Hall–Kier alpha value is -4.00. The molecule has 1 aromatic heterocycles. The van der Waals surface area contributed by atoms with E-state index in [0.717, 1.165) is 41.1 Å². The molecule has 0 aliphatic heterocycles. The van der Waals surface area contributed by atoms with Crippen LogP contribution in [0.3, 0.4) is 0 Å². The van der Waals surface area contributed by atoms with Crippen molar-refractivity contribution < 1.29 is 19.0 Å². The number of aryl methyl sites for hydroxylation is 1. The average molecular weight is 474 g/mol. The van der Waals surface area contributed by atoms with E-state index in [0.29, 0.717) is 31.1 Å². The minimum Gasteiger partial charge on any atom is -0.494 e. The summed E-state index contributed by atoms with van der Waals surface area (Å²) in [5.74, 6) is 3.04. The van der Waals surface area contributed by atoms with Gasteiger partial charge in [0.25, 0.3) is 0 Å². The van der Waals surface area contributed by atoms with E-state index < -0.39 is 0 Å². The number of aromatic nitrogens is 2. The highest BCUT2D eigenvalue weighted by Crippen LogP contribution is 2.27. The van der Waals surface area contributed by atoms with Gasteiger partial charge in [-0.15, -0.1) is 0 Å². The number of para-hydroxylation sites is 3. The molecule has 0 spiro atoms. The lowest BCUT2D eigenvalue weighted by atomic mass is 10.1. The Kier molecular flexibility index (Phi) is 8.22. The summed E-state index contributed by atoms with van der Waals surface area (Å²) in [5.41, 5.74) is 2.92. The van der Waals surface area contributed by atoms with Crippen LogP contribution in [-0.2, 0) is 24.2 Å². The molecule has 0 atom stereocenters. The molecule has 0 saturated heterocycles. The summed E-state index contributed by atoms with van der Waals surface area (Å²) in [4.78, 5) is 17.3. The highest BCUT2D eigenvalue weighted by Gasteiger charge is 2.12. The number of rotatable bonds is 12. The number of methoxy groups -OCH3 is 2. The highest BCUT2D eigenvalue weighted by atomic mass is 16.5. The molecular formula is C28H31N3O4. The molecule has 35 heavy (non-hydrogen) atoms. The Balaban J connectivity index is 1.33. The van der Waals surface area contributed by atoms with Gasteiger partial charge in [0.2, 0.25) is 5.91 Å². The third-order valence-corrected chi connectivity index (χ3v) is 5.76.